The molecule has 0 unspecified atom stereocenters. The average molecular weight is 422 g/mol. The molecule has 3 N–H and O–H groups in total. The van der Waals surface area contributed by atoms with Gasteiger partial charge in [0.25, 0.3) is 5.91 Å². The van der Waals surface area contributed by atoms with Crippen LogP contribution in [-0.2, 0) is 0 Å². The van der Waals surface area contributed by atoms with Crippen molar-refractivity contribution < 1.29 is 14.7 Å². The molecule has 158 valence electrons. The van der Waals surface area contributed by atoms with Crippen molar-refractivity contribution in [1.29, 1.82) is 0 Å². The third-order valence-corrected chi connectivity index (χ3v) is 5.09. The Kier molecular flexibility index (Phi) is 6.28. The summed E-state index contributed by atoms with van der Waals surface area (Å²) in [5, 5.41) is 15.4. The van der Waals surface area contributed by atoms with Gasteiger partial charge in [0.2, 0.25) is 0 Å². The highest BCUT2D eigenvalue weighted by molar-refractivity contribution is 6.05. The Morgan fingerprint density at radius 2 is 1.22 bits per heavy atom. The average Bonchev–Trinajstić information content (AvgIpc) is 2.84. The molecule has 5 heteroatoms. The number of aromatic carboxylic acids is 1. The molecular weight excluding hydrogens is 400 g/mol. The maximum Gasteiger partial charge on any atom is 0.335 e. The molecule has 4 aromatic rings. The summed E-state index contributed by atoms with van der Waals surface area (Å²) in [5.41, 5.74) is 4.19. The van der Waals surface area contributed by atoms with Gasteiger partial charge in [0.15, 0.2) is 0 Å². The van der Waals surface area contributed by atoms with E-state index in [9.17, 15) is 9.59 Å². The smallest absolute Gasteiger partial charge is 0.335 e. The van der Waals surface area contributed by atoms with E-state index in [2.05, 4.69) is 34.9 Å². The van der Waals surface area contributed by atoms with Gasteiger partial charge < -0.3 is 15.7 Å². The van der Waals surface area contributed by atoms with Gasteiger partial charge in [0.1, 0.15) is 0 Å². The van der Waals surface area contributed by atoms with Crippen LogP contribution in [0.2, 0.25) is 0 Å². The second kappa shape index (κ2) is 9.62. The molecule has 0 aliphatic heterocycles. The predicted molar refractivity (Wildman–Crippen MR) is 126 cm³/mol. The minimum Gasteiger partial charge on any atom is -0.478 e. The van der Waals surface area contributed by atoms with Crippen molar-refractivity contribution >= 4 is 23.3 Å². The number of nitrogens with one attached hydrogen (secondary N) is 2. The zero-order valence-electron chi connectivity index (χ0n) is 17.2. The fourth-order valence-electron chi connectivity index (χ4n) is 3.47. The van der Waals surface area contributed by atoms with E-state index in [1.54, 1.807) is 24.3 Å². The van der Waals surface area contributed by atoms with Crippen LogP contribution in [0.1, 0.15) is 37.9 Å². The lowest BCUT2D eigenvalue weighted by Gasteiger charge is -2.21. The van der Waals surface area contributed by atoms with Crippen LogP contribution in [0.4, 0.5) is 11.4 Å². The molecule has 0 saturated carbocycles. The molecular formula is C27H22N2O3. The van der Waals surface area contributed by atoms with Gasteiger partial charge in [-0.05, 0) is 53.6 Å². The molecule has 0 spiro atoms. The summed E-state index contributed by atoms with van der Waals surface area (Å²) in [6.07, 6.45) is 0. The maximum absolute atomic E-state index is 12.6. The van der Waals surface area contributed by atoms with Gasteiger partial charge in [0, 0.05) is 16.9 Å². The molecule has 32 heavy (non-hydrogen) atoms. The molecule has 4 aromatic carbocycles. The Labute approximate surface area is 186 Å². The Morgan fingerprint density at radius 3 is 1.78 bits per heavy atom. The van der Waals surface area contributed by atoms with Gasteiger partial charge in [-0.25, -0.2) is 4.79 Å². The van der Waals surface area contributed by atoms with Crippen molar-refractivity contribution in [2.75, 3.05) is 10.6 Å². The van der Waals surface area contributed by atoms with Crippen LogP contribution in [0, 0.1) is 0 Å². The molecule has 0 bridgehead atoms. The zero-order chi connectivity index (χ0) is 22.3. The van der Waals surface area contributed by atoms with Gasteiger partial charge in [-0.3, -0.25) is 4.79 Å². The van der Waals surface area contributed by atoms with E-state index in [1.165, 1.54) is 12.1 Å². The highest BCUT2D eigenvalue weighted by Gasteiger charge is 2.14. The SMILES string of the molecule is O=C(O)c1cccc(NC(=O)c2ccc(NC(c3ccccc3)c3ccccc3)cc2)c1. The summed E-state index contributed by atoms with van der Waals surface area (Å²) in [6, 6.07) is 33.7. The van der Waals surface area contributed by atoms with E-state index in [0.717, 1.165) is 16.8 Å². The Hall–Kier alpha value is -4.38. The fraction of sp³-hybridized carbons (Fsp3) is 0.0370. The molecule has 0 aliphatic carbocycles. The molecule has 1 amide bonds. The lowest BCUT2D eigenvalue weighted by atomic mass is 9.98. The first-order valence-corrected chi connectivity index (χ1v) is 10.2. The molecule has 4 rings (SSSR count). The van der Waals surface area contributed by atoms with Crippen LogP contribution in [0.15, 0.2) is 109 Å². The van der Waals surface area contributed by atoms with Crippen molar-refractivity contribution in [2.24, 2.45) is 0 Å². The number of hydrogen-bond acceptors (Lipinski definition) is 3. The lowest BCUT2D eigenvalue weighted by molar-refractivity contribution is 0.0696. The Balaban J connectivity index is 1.50. The highest BCUT2D eigenvalue weighted by Crippen LogP contribution is 2.27. The van der Waals surface area contributed by atoms with Crippen LogP contribution in [0.25, 0.3) is 0 Å². The van der Waals surface area contributed by atoms with E-state index in [0.29, 0.717) is 11.3 Å². The number of carboxylic acid groups (broad SMARTS) is 1. The lowest BCUT2D eigenvalue weighted by Crippen LogP contribution is -2.14. The van der Waals surface area contributed by atoms with Crippen molar-refractivity contribution in [1.82, 2.24) is 0 Å². The first kappa shape index (κ1) is 20.9. The summed E-state index contributed by atoms with van der Waals surface area (Å²) in [6.45, 7) is 0. The Morgan fingerprint density at radius 1 is 0.625 bits per heavy atom. The molecule has 0 atom stereocenters. The molecule has 0 heterocycles. The molecule has 0 radical (unpaired) electrons. The molecule has 0 aromatic heterocycles. The summed E-state index contributed by atoms with van der Waals surface area (Å²) in [4.78, 5) is 23.7. The first-order chi connectivity index (χ1) is 15.6. The molecule has 5 nitrogen and oxygen atoms in total. The van der Waals surface area contributed by atoms with Gasteiger partial charge in [-0.2, -0.15) is 0 Å². The van der Waals surface area contributed by atoms with Gasteiger partial charge >= 0.3 is 5.97 Å². The van der Waals surface area contributed by atoms with Crippen molar-refractivity contribution in [2.45, 2.75) is 6.04 Å². The van der Waals surface area contributed by atoms with E-state index < -0.39 is 5.97 Å². The number of carbonyl (C=O) groups excluding carboxylic acids is 1. The summed E-state index contributed by atoms with van der Waals surface area (Å²) < 4.78 is 0. The number of benzene rings is 4. The second-order valence-electron chi connectivity index (χ2n) is 7.32. The van der Waals surface area contributed by atoms with Crippen LogP contribution >= 0.6 is 0 Å². The van der Waals surface area contributed by atoms with Crippen LogP contribution in [0.5, 0.6) is 0 Å². The summed E-state index contributed by atoms with van der Waals surface area (Å²) in [7, 11) is 0. The third kappa shape index (κ3) is 5.02. The van der Waals surface area contributed by atoms with Crippen molar-refractivity contribution in [3.63, 3.8) is 0 Å². The first-order valence-electron chi connectivity index (χ1n) is 10.2. The van der Waals surface area contributed by atoms with E-state index in [-0.39, 0.29) is 17.5 Å². The maximum atomic E-state index is 12.6. The van der Waals surface area contributed by atoms with Gasteiger partial charge in [0.05, 0.1) is 11.6 Å². The van der Waals surface area contributed by atoms with Gasteiger partial charge in [-0.15, -0.1) is 0 Å². The number of carbonyl (C=O) groups is 2. The molecule has 0 saturated heterocycles. The summed E-state index contributed by atoms with van der Waals surface area (Å²) >= 11 is 0. The normalized spacial score (nSPS) is 10.5. The number of hydrogen-bond donors (Lipinski definition) is 3. The Bertz CT molecular complexity index is 1170. The highest BCUT2D eigenvalue weighted by atomic mass is 16.4. The minimum absolute atomic E-state index is 0.0316. The van der Waals surface area contributed by atoms with Crippen molar-refractivity contribution in [3.05, 3.63) is 131 Å². The predicted octanol–water partition coefficient (Wildman–Crippen LogP) is 5.84. The topological polar surface area (TPSA) is 78.4 Å². The second-order valence-corrected chi connectivity index (χ2v) is 7.32. The van der Waals surface area contributed by atoms with E-state index >= 15 is 0 Å². The number of rotatable bonds is 7. The number of amides is 1. The fourth-order valence-corrected chi connectivity index (χ4v) is 3.47. The van der Waals surface area contributed by atoms with E-state index in [4.69, 9.17) is 5.11 Å². The summed E-state index contributed by atoms with van der Waals surface area (Å²) in [5.74, 6) is -1.34. The third-order valence-electron chi connectivity index (χ3n) is 5.09. The zero-order valence-corrected chi connectivity index (χ0v) is 17.2. The van der Waals surface area contributed by atoms with Gasteiger partial charge in [-0.1, -0.05) is 66.7 Å². The van der Waals surface area contributed by atoms with Crippen LogP contribution in [-0.4, -0.2) is 17.0 Å². The van der Waals surface area contributed by atoms with Crippen LogP contribution in [0.3, 0.4) is 0 Å². The minimum atomic E-state index is -1.04. The van der Waals surface area contributed by atoms with Crippen molar-refractivity contribution in [3.8, 4) is 0 Å². The number of anilines is 2. The molecule has 0 aliphatic rings. The quantitative estimate of drug-likeness (QED) is 0.350. The number of carboxylic acids is 1. The largest absolute Gasteiger partial charge is 0.478 e. The molecule has 0 fully saturated rings. The monoisotopic (exact) mass is 422 g/mol. The standard InChI is InChI=1S/C27H22N2O3/c30-26(29-24-13-7-12-22(18-24)27(31)32)21-14-16-23(17-15-21)28-25(19-8-3-1-4-9-19)20-10-5-2-6-11-20/h1-18,25,28H,(H,29,30)(H,31,32). The van der Waals surface area contributed by atoms with Crippen LogP contribution < -0.4 is 10.6 Å². The van der Waals surface area contributed by atoms with E-state index in [1.807, 2.05) is 48.5 Å².